The molecule has 0 spiro atoms. The number of nitrogen functional groups attached to an aromatic ring is 1. The lowest BCUT2D eigenvalue weighted by molar-refractivity contribution is 0.0793. The lowest BCUT2D eigenvalue weighted by Gasteiger charge is -2.17. The van der Waals surface area contributed by atoms with Crippen molar-refractivity contribution in [3.8, 4) is 0 Å². The van der Waals surface area contributed by atoms with Gasteiger partial charge in [-0.1, -0.05) is 0 Å². The van der Waals surface area contributed by atoms with E-state index in [0.29, 0.717) is 5.56 Å². The molecular weight excluding hydrogens is 214 g/mol. The number of nitrogens with one attached hydrogen (secondary N) is 1. The number of aryl methyl sites for hydroxylation is 1. The highest BCUT2D eigenvalue weighted by atomic mass is 16.2. The van der Waals surface area contributed by atoms with Crippen LogP contribution in [0.5, 0.6) is 0 Å². The van der Waals surface area contributed by atoms with Gasteiger partial charge in [0.2, 0.25) is 0 Å². The van der Waals surface area contributed by atoms with E-state index in [2.05, 4.69) is 5.32 Å². The lowest BCUT2D eigenvalue weighted by atomic mass is 10.1. The molecule has 3 N–H and O–H groups in total. The Bertz CT molecular complexity index is 390. The first kappa shape index (κ1) is 13.5. The second-order valence-corrected chi connectivity index (χ2v) is 4.26. The molecule has 1 rings (SSSR count). The van der Waals surface area contributed by atoms with Crippen molar-refractivity contribution in [1.82, 2.24) is 10.2 Å². The first-order chi connectivity index (χ1) is 8.06. The van der Waals surface area contributed by atoms with Crippen molar-refractivity contribution in [3.63, 3.8) is 0 Å². The first-order valence-electron chi connectivity index (χ1n) is 5.82. The van der Waals surface area contributed by atoms with Gasteiger partial charge in [-0.3, -0.25) is 4.79 Å². The Morgan fingerprint density at radius 3 is 2.76 bits per heavy atom. The maximum absolute atomic E-state index is 12.1. The molecule has 0 saturated carbocycles. The van der Waals surface area contributed by atoms with Gasteiger partial charge < -0.3 is 16.0 Å². The molecule has 94 valence electrons. The number of carbonyl (C=O) groups excluding carboxylic acids is 1. The summed E-state index contributed by atoms with van der Waals surface area (Å²) in [6.45, 7) is 3.58. The van der Waals surface area contributed by atoms with Gasteiger partial charge in [0.15, 0.2) is 0 Å². The summed E-state index contributed by atoms with van der Waals surface area (Å²) in [6, 6.07) is 5.40. The third-order valence-electron chi connectivity index (χ3n) is 2.78. The number of anilines is 1. The Kier molecular flexibility index (Phi) is 4.97. The highest BCUT2D eigenvalue weighted by molar-refractivity contribution is 5.94. The summed E-state index contributed by atoms with van der Waals surface area (Å²) in [5.74, 6) is 0.0456. The van der Waals surface area contributed by atoms with Crippen LogP contribution in [0.2, 0.25) is 0 Å². The fourth-order valence-corrected chi connectivity index (χ4v) is 1.62. The summed E-state index contributed by atoms with van der Waals surface area (Å²) in [5, 5.41) is 3.06. The van der Waals surface area contributed by atoms with E-state index in [1.165, 1.54) is 0 Å². The molecule has 1 amide bonds. The van der Waals surface area contributed by atoms with Gasteiger partial charge in [-0.2, -0.15) is 0 Å². The normalized spacial score (nSPS) is 10.3. The number of hydrogen-bond acceptors (Lipinski definition) is 3. The van der Waals surface area contributed by atoms with Crippen LogP contribution in [0.15, 0.2) is 18.2 Å². The minimum absolute atomic E-state index is 0.0456. The average Bonchev–Trinajstić information content (AvgIpc) is 2.32. The molecule has 0 unspecified atom stereocenters. The molecule has 0 bridgehead atoms. The van der Waals surface area contributed by atoms with Crippen LogP contribution in [0.1, 0.15) is 22.3 Å². The molecule has 0 fully saturated rings. The fraction of sp³-hybridized carbons (Fsp3) is 0.462. The molecule has 4 heteroatoms. The number of benzene rings is 1. The second-order valence-electron chi connectivity index (χ2n) is 4.26. The van der Waals surface area contributed by atoms with Crippen molar-refractivity contribution in [2.45, 2.75) is 13.3 Å². The summed E-state index contributed by atoms with van der Waals surface area (Å²) in [7, 11) is 3.73. The van der Waals surface area contributed by atoms with Gasteiger partial charge in [0.05, 0.1) is 0 Å². The van der Waals surface area contributed by atoms with Crippen LogP contribution in [-0.4, -0.2) is 38.0 Å². The van der Waals surface area contributed by atoms with Gasteiger partial charge >= 0.3 is 0 Å². The summed E-state index contributed by atoms with van der Waals surface area (Å²) in [5.41, 5.74) is 8.09. The zero-order valence-electron chi connectivity index (χ0n) is 10.8. The van der Waals surface area contributed by atoms with Gasteiger partial charge in [0, 0.05) is 24.8 Å². The molecule has 0 radical (unpaired) electrons. The van der Waals surface area contributed by atoms with Gasteiger partial charge in [0.1, 0.15) is 0 Å². The van der Waals surface area contributed by atoms with Crippen molar-refractivity contribution >= 4 is 11.6 Å². The standard InChI is InChI=1S/C13H21N3O/c1-10-9-11(5-6-12(10)14)13(17)16(3)8-4-7-15-2/h5-6,9,15H,4,7-8,14H2,1-3H3. The Morgan fingerprint density at radius 2 is 2.18 bits per heavy atom. The Labute approximate surface area is 103 Å². The third-order valence-corrected chi connectivity index (χ3v) is 2.78. The SMILES string of the molecule is CNCCCN(C)C(=O)c1ccc(N)c(C)c1. The molecule has 0 aliphatic carbocycles. The summed E-state index contributed by atoms with van der Waals surface area (Å²) in [4.78, 5) is 13.8. The molecular formula is C13H21N3O. The highest BCUT2D eigenvalue weighted by Gasteiger charge is 2.11. The monoisotopic (exact) mass is 235 g/mol. The van der Waals surface area contributed by atoms with Crippen molar-refractivity contribution in [2.75, 3.05) is 32.9 Å². The quantitative estimate of drug-likeness (QED) is 0.596. The summed E-state index contributed by atoms with van der Waals surface area (Å²) >= 11 is 0. The average molecular weight is 235 g/mol. The smallest absolute Gasteiger partial charge is 0.253 e. The zero-order valence-corrected chi connectivity index (χ0v) is 10.8. The molecule has 1 aromatic rings. The molecule has 0 atom stereocenters. The van der Waals surface area contributed by atoms with E-state index >= 15 is 0 Å². The van der Waals surface area contributed by atoms with Crippen molar-refractivity contribution in [3.05, 3.63) is 29.3 Å². The predicted molar refractivity (Wildman–Crippen MR) is 71.1 cm³/mol. The van der Waals surface area contributed by atoms with Gasteiger partial charge in [0.25, 0.3) is 5.91 Å². The molecule has 0 aliphatic heterocycles. The maximum atomic E-state index is 12.1. The number of nitrogens with two attached hydrogens (primary N) is 1. The van der Waals surface area contributed by atoms with E-state index in [4.69, 9.17) is 5.73 Å². The number of nitrogens with zero attached hydrogens (tertiary/aromatic N) is 1. The Morgan fingerprint density at radius 1 is 1.47 bits per heavy atom. The van der Waals surface area contributed by atoms with E-state index < -0.39 is 0 Å². The predicted octanol–water partition coefficient (Wildman–Crippen LogP) is 1.26. The third kappa shape index (κ3) is 3.75. The molecule has 0 aliphatic rings. The van der Waals surface area contributed by atoms with E-state index in [0.717, 1.165) is 30.8 Å². The number of rotatable bonds is 5. The molecule has 0 aromatic heterocycles. The van der Waals surface area contributed by atoms with Crippen molar-refractivity contribution in [2.24, 2.45) is 0 Å². The van der Waals surface area contributed by atoms with E-state index in [1.54, 1.807) is 17.0 Å². The second kappa shape index (κ2) is 6.25. The van der Waals surface area contributed by atoms with Gasteiger partial charge in [-0.05, 0) is 50.7 Å². The fourth-order valence-electron chi connectivity index (χ4n) is 1.62. The molecule has 1 aromatic carbocycles. The minimum atomic E-state index is 0.0456. The van der Waals surface area contributed by atoms with Crippen molar-refractivity contribution in [1.29, 1.82) is 0 Å². The van der Waals surface area contributed by atoms with Crippen LogP contribution in [0.25, 0.3) is 0 Å². The lowest BCUT2D eigenvalue weighted by Crippen LogP contribution is -2.29. The Hall–Kier alpha value is -1.55. The first-order valence-corrected chi connectivity index (χ1v) is 5.82. The van der Waals surface area contributed by atoms with Gasteiger partial charge in [-0.25, -0.2) is 0 Å². The largest absolute Gasteiger partial charge is 0.399 e. The maximum Gasteiger partial charge on any atom is 0.253 e. The number of carbonyl (C=O) groups is 1. The van der Waals surface area contributed by atoms with Crippen molar-refractivity contribution < 1.29 is 4.79 Å². The van der Waals surface area contributed by atoms with Crippen LogP contribution >= 0.6 is 0 Å². The van der Waals surface area contributed by atoms with E-state index in [-0.39, 0.29) is 5.91 Å². The van der Waals surface area contributed by atoms with Crippen LogP contribution in [-0.2, 0) is 0 Å². The summed E-state index contributed by atoms with van der Waals surface area (Å²) < 4.78 is 0. The topological polar surface area (TPSA) is 58.4 Å². The minimum Gasteiger partial charge on any atom is -0.399 e. The van der Waals surface area contributed by atoms with E-state index in [1.807, 2.05) is 27.1 Å². The molecule has 0 heterocycles. The number of hydrogen-bond donors (Lipinski definition) is 2. The van der Waals surface area contributed by atoms with Crippen LogP contribution in [0, 0.1) is 6.92 Å². The Balaban J connectivity index is 2.65. The van der Waals surface area contributed by atoms with Crippen LogP contribution < -0.4 is 11.1 Å². The van der Waals surface area contributed by atoms with E-state index in [9.17, 15) is 4.79 Å². The highest BCUT2D eigenvalue weighted by Crippen LogP contribution is 2.14. The van der Waals surface area contributed by atoms with Crippen LogP contribution in [0.3, 0.4) is 0 Å². The zero-order chi connectivity index (χ0) is 12.8. The molecule has 4 nitrogen and oxygen atoms in total. The summed E-state index contributed by atoms with van der Waals surface area (Å²) in [6.07, 6.45) is 0.951. The van der Waals surface area contributed by atoms with Crippen LogP contribution in [0.4, 0.5) is 5.69 Å². The molecule has 17 heavy (non-hydrogen) atoms. The number of amides is 1. The molecule has 0 saturated heterocycles. The van der Waals surface area contributed by atoms with Gasteiger partial charge in [-0.15, -0.1) is 0 Å².